The summed E-state index contributed by atoms with van der Waals surface area (Å²) < 4.78 is 0. The maximum atomic E-state index is 9.33. The van der Waals surface area contributed by atoms with Crippen molar-refractivity contribution in [2.45, 2.75) is 13.3 Å². The quantitative estimate of drug-likeness (QED) is 0.398. The minimum Gasteiger partial charge on any atom is -0.303 e. The number of hydrogen-bond acceptors (Lipinski definition) is 2. The Morgan fingerprint density at radius 3 is 2.25 bits per heavy atom. The summed E-state index contributed by atoms with van der Waals surface area (Å²) in [5, 5.41) is 7.32. The summed E-state index contributed by atoms with van der Waals surface area (Å²) in [5.74, 6) is 0. The average molecular weight is 111 g/mol. The summed E-state index contributed by atoms with van der Waals surface area (Å²) in [6.07, 6.45) is 2.85. The lowest BCUT2D eigenvalue weighted by Crippen LogP contribution is -1.59. The number of nitriles is 1. The highest BCUT2D eigenvalue weighted by molar-refractivity contribution is 5.51. The zero-order valence-electron chi connectivity index (χ0n) is 4.92. The zero-order chi connectivity index (χ0) is 6.83. The van der Waals surface area contributed by atoms with E-state index in [2.05, 4.69) is 6.58 Å². The van der Waals surface area contributed by atoms with Crippen molar-refractivity contribution in [3.63, 3.8) is 0 Å². The van der Waals surface area contributed by atoms with Crippen molar-refractivity contribution in [1.29, 1.82) is 5.26 Å². The van der Waals surface area contributed by atoms with Gasteiger partial charge >= 0.3 is 0 Å². The lowest BCUT2D eigenvalue weighted by molar-refractivity contribution is -0.107. The van der Waals surface area contributed by atoms with Gasteiger partial charge in [0.05, 0.1) is 6.07 Å². The fourth-order valence-electron chi connectivity index (χ4n) is 0.0680. The highest BCUT2D eigenvalue weighted by atomic mass is 16.1. The van der Waals surface area contributed by atoms with Gasteiger partial charge in [-0.15, -0.1) is 6.58 Å². The number of hydrogen-bond donors (Lipinski definition) is 0. The Kier molecular flexibility index (Phi) is 21.1. The summed E-state index contributed by atoms with van der Waals surface area (Å²) >= 11 is 0. The molecule has 0 aliphatic carbocycles. The molecular formula is C6H9NO. The van der Waals surface area contributed by atoms with Crippen molar-refractivity contribution in [2.24, 2.45) is 0 Å². The normalized spacial score (nSPS) is 5.00. The number of carbonyl (C=O) groups excluding carboxylic acids is 1. The van der Waals surface area contributed by atoms with Crippen LogP contribution in [0.15, 0.2) is 12.7 Å². The molecule has 0 fully saturated rings. The minimum atomic E-state index is 0.472. The average Bonchev–Trinajstić information content (AvgIpc) is 1.71. The summed E-state index contributed by atoms with van der Waals surface area (Å²) in [6, 6.07) is 1.75. The topological polar surface area (TPSA) is 40.9 Å². The molecule has 0 saturated heterocycles. The van der Waals surface area contributed by atoms with Crippen molar-refractivity contribution in [1.82, 2.24) is 0 Å². The Bertz CT molecular complexity index is 85.2. The van der Waals surface area contributed by atoms with Gasteiger partial charge < -0.3 is 4.79 Å². The van der Waals surface area contributed by atoms with Crippen LogP contribution in [0, 0.1) is 11.3 Å². The zero-order valence-corrected chi connectivity index (χ0v) is 4.92. The van der Waals surface area contributed by atoms with Gasteiger partial charge in [-0.3, -0.25) is 0 Å². The van der Waals surface area contributed by atoms with Crippen molar-refractivity contribution in [3.8, 4) is 6.07 Å². The van der Waals surface area contributed by atoms with Gasteiger partial charge in [0, 0.05) is 13.3 Å². The molecule has 8 heavy (non-hydrogen) atoms. The van der Waals surface area contributed by atoms with Crippen LogP contribution in [0.1, 0.15) is 13.3 Å². The van der Waals surface area contributed by atoms with Crippen LogP contribution < -0.4 is 0 Å². The Balaban J connectivity index is 0. The van der Waals surface area contributed by atoms with Gasteiger partial charge in [-0.1, -0.05) is 6.08 Å². The first-order chi connectivity index (χ1) is 3.83. The molecule has 0 N–H and O–H groups in total. The van der Waals surface area contributed by atoms with Gasteiger partial charge in [0.2, 0.25) is 0 Å². The van der Waals surface area contributed by atoms with E-state index in [0.717, 1.165) is 6.29 Å². The minimum absolute atomic E-state index is 0.472. The Morgan fingerprint density at radius 1 is 1.88 bits per heavy atom. The highest BCUT2D eigenvalue weighted by Gasteiger charge is 1.59. The molecule has 0 spiro atoms. The number of allylic oxidation sites excluding steroid dienone is 1. The van der Waals surface area contributed by atoms with E-state index in [1.165, 1.54) is 6.92 Å². The Labute approximate surface area is 49.4 Å². The second-order valence-corrected chi connectivity index (χ2v) is 0.915. The van der Waals surface area contributed by atoms with E-state index in [-0.39, 0.29) is 0 Å². The fraction of sp³-hybridized carbons (Fsp3) is 0.333. The predicted molar refractivity (Wildman–Crippen MR) is 32.2 cm³/mol. The second-order valence-electron chi connectivity index (χ2n) is 0.915. The molecule has 0 atom stereocenters. The third-order valence-electron chi connectivity index (χ3n) is 0.263. The standard InChI is InChI=1S/C4H6O.C2H3N/c1-2-3-4-5;1-2-3/h2,4H,1,3H2;1H3. The lowest BCUT2D eigenvalue weighted by Gasteiger charge is -1.59. The van der Waals surface area contributed by atoms with E-state index in [1.54, 1.807) is 12.1 Å². The van der Waals surface area contributed by atoms with Gasteiger partial charge in [-0.25, -0.2) is 0 Å². The van der Waals surface area contributed by atoms with Crippen molar-refractivity contribution in [3.05, 3.63) is 12.7 Å². The summed E-state index contributed by atoms with van der Waals surface area (Å²) in [5.41, 5.74) is 0. The molecule has 0 radical (unpaired) electrons. The van der Waals surface area contributed by atoms with E-state index < -0.39 is 0 Å². The molecule has 44 valence electrons. The summed E-state index contributed by atoms with van der Waals surface area (Å²) in [7, 11) is 0. The number of rotatable bonds is 2. The van der Waals surface area contributed by atoms with Crippen molar-refractivity contribution >= 4 is 6.29 Å². The molecule has 0 aliphatic rings. The molecule has 2 heteroatoms. The van der Waals surface area contributed by atoms with Crippen LogP contribution in [-0.2, 0) is 4.79 Å². The van der Waals surface area contributed by atoms with Gasteiger partial charge in [0.1, 0.15) is 6.29 Å². The molecule has 0 aliphatic heterocycles. The van der Waals surface area contributed by atoms with Crippen LogP contribution in [0.4, 0.5) is 0 Å². The first-order valence-electron chi connectivity index (χ1n) is 2.18. The van der Waals surface area contributed by atoms with Gasteiger partial charge in [-0.05, 0) is 0 Å². The van der Waals surface area contributed by atoms with E-state index >= 15 is 0 Å². The first-order valence-corrected chi connectivity index (χ1v) is 2.18. The van der Waals surface area contributed by atoms with E-state index in [4.69, 9.17) is 5.26 Å². The summed E-state index contributed by atoms with van der Waals surface area (Å²) in [6.45, 7) is 4.75. The Morgan fingerprint density at radius 2 is 2.25 bits per heavy atom. The van der Waals surface area contributed by atoms with Crippen LogP contribution in [0.3, 0.4) is 0 Å². The molecule has 0 aromatic carbocycles. The number of nitrogens with zero attached hydrogens (tertiary/aromatic N) is 1. The van der Waals surface area contributed by atoms with Crippen molar-refractivity contribution < 1.29 is 4.79 Å². The molecule has 0 amide bonds. The fourth-order valence-corrected chi connectivity index (χ4v) is 0.0680. The van der Waals surface area contributed by atoms with Crippen molar-refractivity contribution in [2.75, 3.05) is 0 Å². The van der Waals surface area contributed by atoms with E-state index in [1.807, 2.05) is 0 Å². The predicted octanol–water partition coefficient (Wildman–Crippen LogP) is 1.29. The number of aldehydes is 1. The smallest absolute Gasteiger partial charge is 0.123 e. The van der Waals surface area contributed by atoms with Crippen LogP contribution >= 0.6 is 0 Å². The molecule has 0 aromatic rings. The Hall–Kier alpha value is -1.10. The van der Waals surface area contributed by atoms with Gasteiger partial charge in [0.25, 0.3) is 0 Å². The van der Waals surface area contributed by atoms with E-state index in [9.17, 15) is 4.79 Å². The van der Waals surface area contributed by atoms with Gasteiger partial charge in [-0.2, -0.15) is 5.26 Å². The molecule has 0 heterocycles. The molecule has 0 saturated carbocycles. The van der Waals surface area contributed by atoms with Crippen LogP contribution in [0.2, 0.25) is 0 Å². The third-order valence-corrected chi connectivity index (χ3v) is 0.263. The first kappa shape index (κ1) is 10.0. The lowest BCUT2D eigenvalue weighted by atomic mass is 10.5. The number of carbonyl (C=O) groups is 1. The maximum absolute atomic E-state index is 9.33. The van der Waals surface area contributed by atoms with Gasteiger partial charge in [0.15, 0.2) is 0 Å². The van der Waals surface area contributed by atoms with Crippen LogP contribution in [-0.4, -0.2) is 6.29 Å². The van der Waals surface area contributed by atoms with E-state index in [0.29, 0.717) is 6.42 Å². The SMILES string of the molecule is C=CCC=O.CC#N. The second kappa shape index (κ2) is 16.8. The highest BCUT2D eigenvalue weighted by Crippen LogP contribution is 1.64. The van der Waals surface area contributed by atoms with Crippen LogP contribution in [0.25, 0.3) is 0 Å². The molecular weight excluding hydrogens is 102 g/mol. The maximum Gasteiger partial charge on any atom is 0.123 e. The molecule has 2 nitrogen and oxygen atoms in total. The molecule has 0 aromatic heterocycles. The molecule has 0 unspecified atom stereocenters. The summed E-state index contributed by atoms with van der Waals surface area (Å²) in [4.78, 5) is 9.33. The third kappa shape index (κ3) is 92.0. The largest absolute Gasteiger partial charge is 0.303 e. The monoisotopic (exact) mass is 111 g/mol. The van der Waals surface area contributed by atoms with Crippen LogP contribution in [0.5, 0.6) is 0 Å². The molecule has 0 bridgehead atoms. The molecule has 0 rings (SSSR count).